The monoisotopic (exact) mass is 407 g/mol. The van der Waals surface area contributed by atoms with Crippen molar-refractivity contribution >= 4 is 0 Å². The first-order valence-electron chi connectivity index (χ1n) is 12.5. The Hall–Kier alpha value is -1.59. The molecule has 1 aromatic rings. The van der Waals surface area contributed by atoms with Crippen LogP contribution in [0.15, 0.2) is 36.4 Å². The molecule has 2 aliphatic carbocycles. The summed E-state index contributed by atoms with van der Waals surface area (Å²) in [7, 11) is 0. The molecule has 0 atom stereocenters. The Kier molecular flexibility index (Phi) is 9.97. The molecule has 0 radical (unpaired) electrons. The normalized spacial score (nSPS) is 27.2. The highest BCUT2D eigenvalue weighted by molar-refractivity contribution is 5.26. The van der Waals surface area contributed by atoms with E-state index >= 15 is 0 Å². The molecule has 0 aromatic heterocycles. The molecule has 0 N–H and O–H groups in total. The zero-order chi connectivity index (χ0) is 21.0. The molecule has 2 heteroatoms. The average molecular weight is 408 g/mol. The lowest BCUT2D eigenvalue weighted by Crippen LogP contribution is -2.25. The predicted octanol–water partition coefficient (Wildman–Crippen LogP) is 7.74. The Morgan fingerprint density at radius 1 is 0.967 bits per heavy atom. The van der Waals surface area contributed by atoms with Crippen molar-refractivity contribution in [2.24, 2.45) is 11.8 Å². The van der Waals surface area contributed by atoms with E-state index in [0.29, 0.717) is 6.10 Å². The maximum atomic E-state index is 8.56. The number of hydrogen-bond acceptors (Lipinski definition) is 2. The maximum absolute atomic E-state index is 8.56. The van der Waals surface area contributed by atoms with Crippen LogP contribution in [0.3, 0.4) is 0 Å². The number of nitriles is 1. The summed E-state index contributed by atoms with van der Waals surface area (Å²) in [4.78, 5) is 0. The Bertz CT molecular complexity index is 655. The van der Waals surface area contributed by atoms with Crippen LogP contribution in [0, 0.1) is 23.2 Å². The van der Waals surface area contributed by atoms with E-state index in [1.807, 2.05) is 6.08 Å². The van der Waals surface area contributed by atoms with Gasteiger partial charge in [-0.1, -0.05) is 56.5 Å². The standard InChI is InChI=1S/C28H41NO/c1-2-3-7-23-13-15-26(16-14-23)27-17-19-28(20-18-27)30-22-25-11-9-24(10-12-25)8-5-4-6-21-29/h4,6,13-16,24-25,27-28H,2-3,5,7-12,17-20,22H2,1H3/t24-,25-,27-,28-. The van der Waals surface area contributed by atoms with Crippen molar-refractivity contribution in [3.8, 4) is 6.07 Å². The van der Waals surface area contributed by atoms with Crippen LogP contribution in [-0.2, 0) is 11.2 Å². The summed E-state index contributed by atoms with van der Waals surface area (Å²) in [5.74, 6) is 2.35. The Morgan fingerprint density at radius 2 is 1.67 bits per heavy atom. The molecule has 0 saturated heterocycles. The van der Waals surface area contributed by atoms with Crippen molar-refractivity contribution in [2.75, 3.05) is 6.61 Å². The van der Waals surface area contributed by atoms with Crippen LogP contribution in [0.2, 0.25) is 0 Å². The lowest BCUT2D eigenvalue weighted by molar-refractivity contribution is -0.00474. The second-order valence-electron chi connectivity index (χ2n) is 9.65. The predicted molar refractivity (Wildman–Crippen MR) is 125 cm³/mol. The fourth-order valence-electron chi connectivity index (χ4n) is 5.33. The molecule has 0 amide bonds. The van der Waals surface area contributed by atoms with Crippen molar-refractivity contribution in [3.05, 3.63) is 47.5 Å². The molecule has 0 aliphatic heterocycles. The van der Waals surface area contributed by atoms with E-state index in [1.54, 1.807) is 6.08 Å². The highest BCUT2D eigenvalue weighted by Crippen LogP contribution is 2.36. The summed E-state index contributed by atoms with van der Waals surface area (Å²) in [6.45, 7) is 3.24. The van der Waals surface area contributed by atoms with Gasteiger partial charge in [-0.2, -0.15) is 5.26 Å². The van der Waals surface area contributed by atoms with Crippen LogP contribution >= 0.6 is 0 Å². The number of allylic oxidation sites excluding steroid dienone is 2. The van der Waals surface area contributed by atoms with Gasteiger partial charge in [-0.3, -0.25) is 0 Å². The third-order valence-corrected chi connectivity index (χ3v) is 7.41. The lowest BCUT2D eigenvalue weighted by atomic mass is 9.80. The molecule has 0 heterocycles. The SMILES string of the molecule is CCCCc1ccc([C@H]2CC[C@H](OC[C@H]3CC[C@H](CCC=CC#N)CC3)CC2)cc1. The van der Waals surface area contributed by atoms with E-state index in [2.05, 4.69) is 37.3 Å². The fourth-order valence-corrected chi connectivity index (χ4v) is 5.33. The van der Waals surface area contributed by atoms with Crippen LogP contribution < -0.4 is 0 Å². The summed E-state index contributed by atoms with van der Waals surface area (Å²) in [5, 5.41) is 8.56. The molecule has 2 nitrogen and oxygen atoms in total. The number of nitrogens with zero attached hydrogens (tertiary/aromatic N) is 1. The molecule has 2 fully saturated rings. The third kappa shape index (κ3) is 7.59. The highest BCUT2D eigenvalue weighted by Gasteiger charge is 2.25. The Morgan fingerprint density at radius 3 is 2.33 bits per heavy atom. The minimum atomic E-state index is 0.485. The van der Waals surface area contributed by atoms with Gasteiger partial charge in [0.1, 0.15) is 0 Å². The van der Waals surface area contributed by atoms with Crippen molar-refractivity contribution in [2.45, 2.75) is 102 Å². The second kappa shape index (κ2) is 13.0. The number of hydrogen-bond donors (Lipinski definition) is 0. The average Bonchev–Trinajstić information content (AvgIpc) is 2.81. The summed E-state index contributed by atoms with van der Waals surface area (Å²) in [6.07, 6.45) is 20.6. The summed E-state index contributed by atoms with van der Waals surface area (Å²) in [6, 6.07) is 11.5. The van der Waals surface area contributed by atoms with Crippen molar-refractivity contribution in [3.63, 3.8) is 0 Å². The summed E-state index contributed by atoms with van der Waals surface area (Å²) >= 11 is 0. The van der Waals surface area contributed by atoms with E-state index in [4.69, 9.17) is 10.00 Å². The zero-order valence-corrected chi connectivity index (χ0v) is 19.0. The number of rotatable bonds is 10. The molecular formula is C28H41NO. The molecule has 3 rings (SSSR count). The van der Waals surface area contributed by atoms with Crippen LogP contribution in [0.4, 0.5) is 0 Å². The first kappa shape index (κ1) is 23.1. The van der Waals surface area contributed by atoms with Gasteiger partial charge in [0.15, 0.2) is 0 Å². The minimum Gasteiger partial charge on any atom is -0.378 e. The molecule has 0 spiro atoms. The van der Waals surface area contributed by atoms with Crippen molar-refractivity contribution < 1.29 is 4.74 Å². The summed E-state index contributed by atoms with van der Waals surface area (Å²) < 4.78 is 6.37. The number of aryl methyl sites for hydroxylation is 1. The second-order valence-corrected chi connectivity index (χ2v) is 9.65. The van der Waals surface area contributed by atoms with Crippen LogP contribution in [0.1, 0.15) is 101 Å². The number of benzene rings is 1. The Balaban J connectivity index is 1.30. The van der Waals surface area contributed by atoms with Gasteiger partial charge in [-0.25, -0.2) is 0 Å². The first-order chi connectivity index (χ1) is 14.8. The molecule has 30 heavy (non-hydrogen) atoms. The molecular weight excluding hydrogens is 366 g/mol. The van der Waals surface area contributed by atoms with Gasteiger partial charge in [0.2, 0.25) is 0 Å². The van der Waals surface area contributed by atoms with Gasteiger partial charge in [0.05, 0.1) is 12.2 Å². The zero-order valence-electron chi connectivity index (χ0n) is 19.0. The maximum Gasteiger partial charge on any atom is 0.0908 e. The quantitative estimate of drug-likeness (QED) is 0.372. The molecule has 2 saturated carbocycles. The van der Waals surface area contributed by atoms with E-state index in [9.17, 15) is 0 Å². The smallest absolute Gasteiger partial charge is 0.0908 e. The van der Waals surface area contributed by atoms with E-state index in [0.717, 1.165) is 30.8 Å². The lowest BCUT2D eigenvalue weighted by Gasteiger charge is -2.32. The van der Waals surface area contributed by atoms with Gasteiger partial charge >= 0.3 is 0 Å². The minimum absolute atomic E-state index is 0.485. The fraction of sp³-hybridized carbons (Fsp3) is 0.679. The number of unbranched alkanes of at least 4 members (excludes halogenated alkanes) is 1. The van der Waals surface area contributed by atoms with Crippen molar-refractivity contribution in [1.29, 1.82) is 5.26 Å². The summed E-state index contributed by atoms with van der Waals surface area (Å²) in [5.41, 5.74) is 3.03. The number of ether oxygens (including phenoxy) is 1. The highest BCUT2D eigenvalue weighted by atomic mass is 16.5. The van der Waals surface area contributed by atoms with Crippen molar-refractivity contribution in [1.82, 2.24) is 0 Å². The molecule has 0 bridgehead atoms. The van der Waals surface area contributed by atoms with E-state index in [-0.39, 0.29) is 0 Å². The van der Waals surface area contributed by atoms with Gasteiger partial charge < -0.3 is 4.74 Å². The van der Waals surface area contributed by atoms with E-state index in [1.165, 1.54) is 88.2 Å². The topological polar surface area (TPSA) is 33.0 Å². The van der Waals surface area contributed by atoms with Crippen LogP contribution in [0.5, 0.6) is 0 Å². The molecule has 2 aliphatic rings. The molecule has 164 valence electrons. The van der Waals surface area contributed by atoms with Gasteiger partial charge in [-0.15, -0.1) is 0 Å². The van der Waals surface area contributed by atoms with E-state index < -0.39 is 0 Å². The van der Waals surface area contributed by atoms with Gasteiger partial charge in [0, 0.05) is 12.7 Å². The Labute approximate surface area is 184 Å². The van der Waals surface area contributed by atoms with Gasteiger partial charge in [0.25, 0.3) is 0 Å². The first-order valence-corrected chi connectivity index (χ1v) is 12.5. The molecule has 0 unspecified atom stereocenters. The van der Waals surface area contributed by atoms with Gasteiger partial charge in [-0.05, 0) is 93.1 Å². The largest absolute Gasteiger partial charge is 0.378 e. The van der Waals surface area contributed by atoms with Crippen LogP contribution in [0.25, 0.3) is 0 Å². The molecule has 1 aromatic carbocycles. The third-order valence-electron chi connectivity index (χ3n) is 7.41. The van der Waals surface area contributed by atoms with Crippen LogP contribution in [-0.4, -0.2) is 12.7 Å².